The Bertz CT molecular complexity index is 3960. The maximum atomic E-state index is 2.64. The zero-order valence-corrected chi connectivity index (χ0v) is 42.0. The molecule has 0 aliphatic carbocycles. The van der Waals surface area contributed by atoms with Crippen LogP contribution in [0.25, 0.3) is 76.2 Å². The van der Waals surface area contributed by atoms with Crippen molar-refractivity contribution in [3.63, 3.8) is 0 Å². The fourth-order valence-electron chi connectivity index (χ4n) is 12.0. The summed E-state index contributed by atoms with van der Waals surface area (Å²) in [4.78, 5) is 4.95. The minimum atomic E-state index is -0.108. The van der Waals surface area contributed by atoms with Crippen LogP contribution in [0.1, 0.15) is 74.9 Å². The lowest BCUT2D eigenvalue weighted by Gasteiger charge is -2.27. The van der Waals surface area contributed by atoms with Gasteiger partial charge in [-0.3, -0.25) is 0 Å². The third kappa shape index (κ3) is 5.95. The third-order valence-corrected chi connectivity index (χ3v) is 15.6. The van der Waals surface area contributed by atoms with Gasteiger partial charge in [-0.05, 0) is 145 Å². The zero-order valence-electron chi connectivity index (χ0n) is 42.0. The lowest BCUT2D eigenvalue weighted by Crippen LogP contribution is -2.12. The highest BCUT2D eigenvalue weighted by Gasteiger charge is 2.31. The molecule has 13 rings (SSSR count). The van der Waals surface area contributed by atoms with Crippen LogP contribution in [0.15, 0.2) is 170 Å². The van der Waals surface area contributed by atoms with Gasteiger partial charge < -0.3 is 18.6 Å². The Hall–Kier alpha value is -7.82. The summed E-state index contributed by atoms with van der Waals surface area (Å²) < 4.78 is 5.27. The van der Waals surface area contributed by atoms with Crippen LogP contribution in [-0.4, -0.2) is 8.80 Å². The van der Waals surface area contributed by atoms with Gasteiger partial charge in [-0.1, -0.05) is 139 Å². The Balaban J connectivity index is 1.19. The number of hydrogen-bond donors (Lipinski definition) is 0. The molecule has 70 heavy (non-hydrogen) atoms. The van der Waals surface area contributed by atoms with Gasteiger partial charge in [0.05, 0.1) is 44.5 Å². The summed E-state index contributed by atoms with van der Waals surface area (Å²) >= 11 is 0. The number of para-hydroxylation sites is 4. The highest BCUT2D eigenvalue weighted by atomic mass is 15.2. The van der Waals surface area contributed by atoms with E-state index in [2.05, 4.69) is 258 Å². The Labute approximate surface area is 410 Å². The number of anilines is 6. The van der Waals surface area contributed by atoms with Crippen LogP contribution in [0.3, 0.4) is 0 Å². The van der Waals surface area contributed by atoms with E-state index in [1.807, 2.05) is 0 Å². The lowest BCUT2D eigenvalue weighted by molar-refractivity contribution is 0.594. The fraction of sp³-hybridized carbons (Fsp3) is 0.182. The van der Waals surface area contributed by atoms with E-state index in [-0.39, 0.29) is 10.8 Å². The van der Waals surface area contributed by atoms with Gasteiger partial charge in [0.25, 0.3) is 0 Å². The van der Waals surface area contributed by atoms with Gasteiger partial charge in [0.1, 0.15) is 0 Å². The molecule has 0 saturated carbocycles. The molecule has 13 aromatic rings. The quantitative estimate of drug-likeness (QED) is 0.165. The van der Waals surface area contributed by atoms with Crippen LogP contribution in [0, 0.1) is 27.7 Å². The van der Waals surface area contributed by atoms with Gasteiger partial charge >= 0.3 is 0 Å². The molecule has 0 atom stereocenters. The molecule has 0 radical (unpaired) electrons. The number of aryl methyl sites for hydroxylation is 4. The van der Waals surface area contributed by atoms with E-state index in [1.54, 1.807) is 0 Å². The first-order chi connectivity index (χ1) is 33.7. The van der Waals surface area contributed by atoms with E-state index >= 15 is 0 Å². The lowest BCUT2D eigenvalue weighted by atomic mass is 9.85. The van der Waals surface area contributed by atoms with Crippen LogP contribution in [0.4, 0.5) is 34.1 Å². The van der Waals surface area contributed by atoms with Crippen molar-refractivity contribution in [3.8, 4) is 0 Å². The molecule has 0 bridgehead atoms. The summed E-state index contributed by atoms with van der Waals surface area (Å²) in [7, 11) is 0. The Kier molecular flexibility index (Phi) is 8.97. The van der Waals surface area contributed by atoms with Crippen LogP contribution >= 0.6 is 0 Å². The molecule has 0 amide bonds. The fourth-order valence-corrected chi connectivity index (χ4v) is 12.0. The highest BCUT2D eigenvalue weighted by Crippen LogP contribution is 2.53. The van der Waals surface area contributed by atoms with Crippen molar-refractivity contribution < 1.29 is 0 Å². The van der Waals surface area contributed by atoms with E-state index in [0.29, 0.717) is 0 Å². The van der Waals surface area contributed by atoms with E-state index in [9.17, 15) is 0 Å². The summed E-state index contributed by atoms with van der Waals surface area (Å²) in [6.45, 7) is 23.0. The number of benzene rings is 9. The van der Waals surface area contributed by atoms with Crippen LogP contribution < -0.4 is 9.80 Å². The van der Waals surface area contributed by atoms with E-state index < -0.39 is 0 Å². The topological polar surface area (TPSA) is 15.3 Å². The van der Waals surface area contributed by atoms with Gasteiger partial charge in [0.15, 0.2) is 0 Å². The Morgan fingerprint density at radius 2 is 0.714 bits per heavy atom. The van der Waals surface area contributed by atoms with Gasteiger partial charge in [-0.2, -0.15) is 0 Å². The summed E-state index contributed by atoms with van der Waals surface area (Å²) in [5, 5.41) is 10.2. The van der Waals surface area contributed by atoms with Gasteiger partial charge in [0.2, 0.25) is 0 Å². The predicted molar refractivity (Wildman–Crippen MR) is 301 cm³/mol. The van der Waals surface area contributed by atoms with Gasteiger partial charge in [-0.15, -0.1) is 0 Å². The molecular formula is C66H58N4. The molecule has 0 spiro atoms. The molecule has 0 unspecified atom stereocenters. The van der Waals surface area contributed by atoms with Crippen molar-refractivity contribution in [1.29, 1.82) is 0 Å². The molecule has 342 valence electrons. The van der Waals surface area contributed by atoms with Crippen molar-refractivity contribution in [2.75, 3.05) is 9.80 Å². The second kappa shape index (κ2) is 14.8. The average molecular weight is 907 g/mol. The van der Waals surface area contributed by atoms with Crippen molar-refractivity contribution in [2.45, 2.75) is 80.1 Å². The molecule has 4 aromatic heterocycles. The SMILES string of the molecule is Cc1ccc(N(c2ccccc2)c2ccc3c4cc5c(cc4n4c6c(C(C)(C)C)cccc6c2c34)c2ccc(N(c3ccccc3)c3ccc(C)c(C)c3)c3c4cccc(C(C)(C)C)c4n5c23)cc1C. The molecule has 4 heteroatoms. The van der Waals surface area contributed by atoms with Crippen LogP contribution in [0.5, 0.6) is 0 Å². The third-order valence-electron chi connectivity index (χ3n) is 15.6. The van der Waals surface area contributed by atoms with E-state index in [1.165, 1.54) is 121 Å². The molecule has 4 heterocycles. The molecule has 0 aliphatic rings. The van der Waals surface area contributed by atoms with Crippen LogP contribution in [0.2, 0.25) is 0 Å². The first-order valence-corrected chi connectivity index (χ1v) is 24.9. The summed E-state index contributed by atoms with van der Waals surface area (Å²) in [6, 6.07) is 64.2. The monoisotopic (exact) mass is 906 g/mol. The number of hydrogen-bond acceptors (Lipinski definition) is 2. The second-order valence-corrected chi connectivity index (χ2v) is 22.1. The summed E-state index contributed by atoms with van der Waals surface area (Å²) in [5.41, 5.74) is 22.2. The first-order valence-electron chi connectivity index (χ1n) is 24.9. The Morgan fingerprint density at radius 1 is 0.314 bits per heavy atom. The standard InChI is InChI=1S/C66H58N4/c1-39-27-29-45(35-41(39)3)67(43-19-13-11-14-20-43)55-33-31-47-51-37-58-52(38-57(51)69-61-49(59(55)63(47)69)23-17-25-53(61)65(5,6)7)48-32-34-56(60-50-24-18-26-54(66(8,9)10)62(50)70(58)64(48)60)68(44-21-15-12-16-22-44)46-30-28-40(2)42(4)36-46/h11-38H,1-10H3. The molecule has 0 fully saturated rings. The number of aromatic nitrogens is 2. The molecular weight excluding hydrogens is 849 g/mol. The maximum absolute atomic E-state index is 2.64. The van der Waals surface area contributed by atoms with Crippen molar-refractivity contribution in [3.05, 3.63) is 203 Å². The van der Waals surface area contributed by atoms with Crippen LogP contribution in [-0.2, 0) is 10.8 Å². The molecule has 0 saturated heterocycles. The number of rotatable bonds is 6. The number of fused-ring (bicyclic) bond motifs is 12. The Morgan fingerprint density at radius 3 is 1.09 bits per heavy atom. The summed E-state index contributed by atoms with van der Waals surface area (Å²) in [6.07, 6.45) is 0. The molecule has 0 aliphatic heterocycles. The minimum Gasteiger partial charge on any atom is -0.310 e. The van der Waals surface area contributed by atoms with Gasteiger partial charge in [0, 0.05) is 65.8 Å². The number of nitrogens with zero attached hydrogens (tertiary/aromatic N) is 4. The predicted octanol–water partition coefficient (Wildman–Crippen LogP) is 18.8. The highest BCUT2D eigenvalue weighted by molar-refractivity contribution is 6.32. The minimum absolute atomic E-state index is 0.108. The van der Waals surface area contributed by atoms with Crippen molar-refractivity contribution in [2.24, 2.45) is 0 Å². The average Bonchev–Trinajstić information content (AvgIpc) is 4.07. The molecule has 9 aromatic carbocycles. The maximum Gasteiger partial charge on any atom is 0.0641 e. The summed E-state index contributed by atoms with van der Waals surface area (Å²) in [5.74, 6) is 0. The van der Waals surface area contributed by atoms with Gasteiger partial charge in [-0.25, -0.2) is 0 Å². The zero-order chi connectivity index (χ0) is 48.1. The normalized spacial score (nSPS) is 12.7. The van der Waals surface area contributed by atoms with E-state index in [0.717, 1.165) is 22.7 Å². The largest absolute Gasteiger partial charge is 0.310 e. The first kappa shape index (κ1) is 42.3. The second-order valence-electron chi connectivity index (χ2n) is 22.1. The smallest absolute Gasteiger partial charge is 0.0641 e. The van der Waals surface area contributed by atoms with Crippen molar-refractivity contribution >= 4 is 110 Å². The molecule has 0 N–H and O–H groups in total. The van der Waals surface area contributed by atoms with E-state index in [4.69, 9.17) is 0 Å². The molecule has 4 nitrogen and oxygen atoms in total. The van der Waals surface area contributed by atoms with Crippen molar-refractivity contribution in [1.82, 2.24) is 8.80 Å².